The first-order valence-electron chi connectivity index (χ1n) is 5.19. The van der Waals surface area contributed by atoms with Gasteiger partial charge in [0.2, 0.25) is 0 Å². The normalized spacial score (nSPS) is 10.2. The molecule has 1 heterocycles. The second-order valence-electron chi connectivity index (χ2n) is 3.76. The van der Waals surface area contributed by atoms with Crippen molar-refractivity contribution < 1.29 is 9.21 Å². The number of carbonyl (C=O) groups excluding carboxylic acids is 1. The molecular formula is C13H12ClNO2. The van der Waals surface area contributed by atoms with E-state index in [2.05, 4.69) is 0 Å². The van der Waals surface area contributed by atoms with Gasteiger partial charge in [0.05, 0.1) is 17.8 Å². The van der Waals surface area contributed by atoms with Crippen LogP contribution in [0.3, 0.4) is 0 Å². The van der Waals surface area contributed by atoms with E-state index < -0.39 is 0 Å². The average molecular weight is 250 g/mol. The number of hydrogen-bond donors (Lipinski definition) is 0. The van der Waals surface area contributed by atoms with Crippen molar-refractivity contribution in [2.45, 2.75) is 6.54 Å². The van der Waals surface area contributed by atoms with E-state index >= 15 is 0 Å². The maximum absolute atomic E-state index is 10.7. The van der Waals surface area contributed by atoms with Gasteiger partial charge in [0.1, 0.15) is 5.76 Å². The fraction of sp³-hybridized carbons (Fsp3) is 0.154. The Labute approximate surface area is 105 Å². The molecule has 0 spiro atoms. The highest BCUT2D eigenvalue weighted by Crippen LogP contribution is 2.23. The van der Waals surface area contributed by atoms with Crippen LogP contribution in [-0.2, 0) is 6.54 Å². The Kier molecular flexibility index (Phi) is 3.49. The SMILES string of the molecule is CN(Cc1ccco1)c1ccc(C=O)c(Cl)c1. The first kappa shape index (κ1) is 11.7. The van der Waals surface area contributed by atoms with Crippen LogP contribution in [0.25, 0.3) is 0 Å². The smallest absolute Gasteiger partial charge is 0.151 e. The van der Waals surface area contributed by atoms with Gasteiger partial charge >= 0.3 is 0 Å². The molecule has 1 aromatic carbocycles. The minimum Gasteiger partial charge on any atom is -0.467 e. The maximum atomic E-state index is 10.7. The van der Waals surface area contributed by atoms with Crippen LogP contribution in [-0.4, -0.2) is 13.3 Å². The minimum absolute atomic E-state index is 0.462. The van der Waals surface area contributed by atoms with Gasteiger partial charge in [-0.3, -0.25) is 4.79 Å². The van der Waals surface area contributed by atoms with Gasteiger partial charge in [-0.25, -0.2) is 0 Å². The topological polar surface area (TPSA) is 33.5 Å². The van der Waals surface area contributed by atoms with Gasteiger partial charge in [0, 0.05) is 18.3 Å². The van der Waals surface area contributed by atoms with E-state index in [1.165, 1.54) is 0 Å². The van der Waals surface area contributed by atoms with Crippen molar-refractivity contribution in [2.75, 3.05) is 11.9 Å². The van der Waals surface area contributed by atoms with E-state index in [0.29, 0.717) is 17.1 Å². The summed E-state index contributed by atoms with van der Waals surface area (Å²) in [5.74, 6) is 0.878. The Hall–Kier alpha value is -1.74. The summed E-state index contributed by atoms with van der Waals surface area (Å²) >= 11 is 5.97. The highest BCUT2D eigenvalue weighted by molar-refractivity contribution is 6.33. The number of furan rings is 1. The molecule has 4 heteroatoms. The summed E-state index contributed by atoms with van der Waals surface area (Å²) in [4.78, 5) is 12.7. The number of halogens is 1. The largest absolute Gasteiger partial charge is 0.467 e. The van der Waals surface area contributed by atoms with Crippen molar-refractivity contribution in [3.05, 3.63) is 52.9 Å². The predicted octanol–water partition coefficient (Wildman–Crippen LogP) is 3.38. The molecule has 0 N–H and O–H groups in total. The van der Waals surface area contributed by atoms with Crippen LogP contribution >= 0.6 is 11.6 Å². The minimum atomic E-state index is 0.462. The molecule has 0 saturated carbocycles. The zero-order chi connectivity index (χ0) is 12.3. The van der Waals surface area contributed by atoms with Crippen molar-refractivity contribution in [1.29, 1.82) is 0 Å². The van der Waals surface area contributed by atoms with Crippen molar-refractivity contribution in [1.82, 2.24) is 0 Å². The molecule has 0 radical (unpaired) electrons. The van der Waals surface area contributed by atoms with E-state index in [4.69, 9.17) is 16.0 Å². The summed E-state index contributed by atoms with van der Waals surface area (Å²) in [6.45, 7) is 0.657. The highest BCUT2D eigenvalue weighted by atomic mass is 35.5. The van der Waals surface area contributed by atoms with Crippen LogP contribution in [0.15, 0.2) is 41.0 Å². The Morgan fingerprint density at radius 1 is 1.41 bits per heavy atom. The molecule has 88 valence electrons. The van der Waals surface area contributed by atoms with Gasteiger partial charge < -0.3 is 9.32 Å². The van der Waals surface area contributed by atoms with Crippen molar-refractivity contribution >= 4 is 23.6 Å². The molecule has 0 aliphatic heterocycles. The van der Waals surface area contributed by atoms with Gasteiger partial charge in [0.15, 0.2) is 6.29 Å². The zero-order valence-electron chi connectivity index (χ0n) is 9.39. The van der Waals surface area contributed by atoms with Crippen LogP contribution < -0.4 is 4.90 Å². The predicted molar refractivity (Wildman–Crippen MR) is 67.7 cm³/mol. The molecule has 0 aliphatic rings. The second kappa shape index (κ2) is 5.06. The number of nitrogens with zero attached hydrogens (tertiary/aromatic N) is 1. The molecular weight excluding hydrogens is 238 g/mol. The molecule has 0 saturated heterocycles. The highest BCUT2D eigenvalue weighted by Gasteiger charge is 2.06. The Morgan fingerprint density at radius 2 is 2.24 bits per heavy atom. The van der Waals surface area contributed by atoms with Crippen molar-refractivity contribution in [3.8, 4) is 0 Å². The summed E-state index contributed by atoms with van der Waals surface area (Å²) in [6, 6.07) is 9.11. The molecule has 1 aromatic heterocycles. The summed E-state index contributed by atoms with van der Waals surface area (Å²) < 4.78 is 5.27. The Balaban J connectivity index is 2.16. The number of carbonyl (C=O) groups is 1. The van der Waals surface area contributed by atoms with Crippen LogP contribution in [0, 0.1) is 0 Å². The summed E-state index contributed by atoms with van der Waals surface area (Å²) in [6.07, 6.45) is 2.39. The lowest BCUT2D eigenvalue weighted by atomic mass is 10.2. The third-order valence-corrected chi connectivity index (χ3v) is 2.85. The monoisotopic (exact) mass is 249 g/mol. The molecule has 0 amide bonds. The lowest BCUT2D eigenvalue weighted by molar-refractivity contribution is 0.112. The average Bonchev–Trinajstić information content (AvgIpc) is 2.81. The number of anilines is 1. The molecule has 0 fully saturated rings. The molecule has 0 atom stereocenters. The van der Waals surface area contributed by atoms with E-state index in [0.717, 1.165) is 17.7 Å². The lowest BCUT2D eigenvalue weighted by Gasteiger charge is -2.18. The molecule has 0 aliphatic carbocycles. The lowest BCUT2D eigenvalue weighted by Crippen LogP contribution is -2.15. The first-order chi connectivity index (χ1) is 8.20. The van der Waals surface area contributed by atoms with E-state index in [1.807, 2.05) is 30.1 Å². The van der Waals surface area contributed by atoms with Gasteiger partial charge in [-0.05, 0) is 30.3 Å². The number of rotatable bonds is 4. The third kappa shape index (κ3) is 2.68. The van der Waals surface area contributed by atoms with Gasteiger partial charge in [0.25, 0.3) is 0 Å². The van der Waals surface area contributed by atoms with E-state index in [1.54, 1.807) is 18.4 Å². The van der Waals surface area contributed by atoms with Crippen molar-refractivity contribution in [2.24, 2.45) is 0 Å². The number of aldehydes is 1. The third-order valence-electron chi connectivity index (χ3n) is 2.52. The molecule has 3 nitrogen and oxygen atoms in total. The maximum Gasteiger partial charge on any atom is 0.151 e. The molecule has 0 bridgehead atoms. The summed E-state index contributed by atoms with van der Waals surface area (Å²) in [5, 5.41) is 0.462. The van der Waals surface area contributed by atoms with Crippen LogP contribution in [0.5, 0.6) is 0 Å². The van der Waals surface area contributed by atoms with Gasteiger partial charge in [-0.15, -0.1) is 0 Å². The van der Waals surface area contributed by atoms with E-state index in [-0.39, 0.29) is 0 Å². The standard InChI is InChI=1S/C13H12ClNO2/c1-15(8-12-3-2-6-17-12)11-5-4-10(9-16)13(14)7-11/h2-7,9H,8H2,1H3. The van der Waals surface area contributed by atoms with Crippen LogP contribution in [0.2, 0.25) is 5.02 Å². The summed E-state index contributed by atoms with van der Waals surface area (Å²) in [7, 11) is 1.94. The fourth-order valence-corrected chi connectivity index (χ4v) is 1.80. The van der Waals surface area contributed by atoms with E-state index in [9.17, 15) is 4.79 Å². The first-order valence-corrected chi connectivity index (χ1v) is 5.57. The van der Waals surface area contributed by atoms with Crippen molar-refractivity contribution in [3.63, 3.8) is 0 Å². The fourth-order valence-electron chi connectivity index (χ4n) is 1.58. The van der Waals surface area contributed by atoms with Gasteiger partial charge in [-0.1, -0.05) is 11.6 Å². The number of hydrogen-bond acceptors (Lipinski definition) is 3. The molecule has 17 heavy (non-hydrogen) atoms. The molecule has 2 aromatic rings. The van der Waals surface area contributed by atoms with Gasteiger partial charge in [-0.2, -0.15) is 0 Å². The number of benzene rings is 1. The zero-order valence-corrected chi connectivity index (χ0v) is 10.1. The Bertz CT molecular complexity index is 508. The quantitative estimate of drug-likeness (QED) is 0.779. The molecule has 0 unspecified atom stereocenters. The second-order valence-corrected chi connectivity index (χ2v) is 4.17. The molecule has 2 rings (SSSR count). The summed E-state index contributed by atoms with van der Waals surface area (Å²) in [5.41, 5.74) is 1.44. The van der Waals surface area contributed by atoms with Crippen LogP contribution in [0.4, 0.5) is 5.69 Å². The Morgan fingerprint density at radius 3 is 2.82 bits per heavy atom. The van der Waals surface area contributed by atoms with Crippen LogP contribution in [0.1, 0.15) is 16.1 Å².